The molecule has 326 valence electrons. The van der Waals surface area contributed by atoms with E-state index >= 15 is 0 Å². The number of hydrogen-bond donors (Lipinski definition) is 0. The second-order valence-electron chi connectivity index (χ2n) is 17.5. The van der Waals surface area contributed by atoms with Crippen LogP contribution in [0.15, 0.2) is 0 Å². The average molecular weight is 779 g/mol. The fraction of sp³-hybridized carbons (Fsp3) is 0.939. The van der Waals surface area contributed by atoms with Crippen LogP contribution in [0.2, 0.25) is 0 Å². The van der Waals surface area contributed by atoms with Gasteiger partial charge in [-0.25, -0.2) is 0 Å². The van der Waals surface area contributed by atoms with Crippen molar-refractivity contribution in [3.05, 3.63) is 0 Å². The molecule has 0 aromatic rings. The Bertz CT molecular complexity index is 841. The molecule has 0 aromatic carbocycles. The van der Waals surface area contributed by atoms with Crippen molar-refractivity contribution in [1.29, 1.82) is 0 Å². The van der Waals surface area contributed by atoms with Gasteiger partial charge in [-0.05, 0) is 31.1 Å². The first kappa shape index (κ1) is 53.4. The molecular formula is C49H94O6. The monoisotopic (exact) mass is 779 g/mol. The van der Waals surface area contributed by atoms with Crippen molar-refractivity contribution in [1.82, 2.24) is 0 Å². The van der Waals surface area contributed by atoms with Gasteiger partial charge in [-0.3, -0.25) is 14.4 Å². The zero-order valence-electron chi connectivity index (χ0n) is 37.6. The van der Waals surface area contributed by atoms with Crippen molar-refractivity contribution >= 4 is 17.9 Å². The summed E-state index contributed by atoms with van der Waals surface area (Å²) in [7, 11) is 0. The van der Waals surface area contributed by atoms with E-state index in [1.165, 1.54) is 154 Å². The van der Waals surface area contributed by atoms with Crippen LogP contribution in [0.5, 0.6) is 0 Å². The van der Waals surface area contributed by atoms with Crippen molar-refractivity contribution in [2.45, 2.75) is 272 Å². The molecular weight excluding hydrogens is 685 g/mol. The molecule has 0 rings (SSSR count). The van der Waals surface area contributed by atoms with Gasteiger partial charge in [0.1, 0.15) is 13.2 Å². The average Bonchev–Trinajstić information content (AvgIpc) is 3.17. The number of esters is 3. The lowest BCUT2D eigenvalue weighted by Crippen LogP contribution is -2.30. The summed E-state index contributed by atoms with van der Waals surface area (Å²) in [5.41, 5.74) is 0. The Morgan fingerprint density at radius 3 is 1.04 bits per heavy atom. The number of carbonyl (C=O) groups is 3. The fourth-order valence-corrected chi connectivity index (χ4v) is 7.25. The van der Waals surface area contributed by atoms with Crippen LogP contribution in [-0.2, 0) is 28.6 Å². The number of hydrogen-bond acceptors (Lipinski definition) is 6. The van der Waals surface area contributed by atoms with E-state index in [2.05, 4.69) is 34.6 Å². The highest BCUT2D eigenvalue weighted by Gasteiger charge is 2.19. The van der Waals surface area contributed by atoms with Crippen LogP contribution in [0.3, 0.4) is 0 Å². The van der Waals surface area contributed by atoms with Crippen LogP contribution in [-0.4, -0.2) is 37.2 Å². The Labute approximate surface area is 342 Å². The molecule has 0 saturated carbocycles. The zero-order chi connectivity index (χ0) is 40.5. The van der Waals surface area contributed by atoms with Crippen molar-refractivity contribution in [3.63, 3.8) is 0 Å². The maximum Gasteiger partial charge on any atom is 0.306 e. The first-order valence-corrected chi connectivity index (χ1v) is 24.3. The predicted molar refractivity (Wildman–Crippen MR) is 233 cm³/mol. The topological polar surface area (TPSA) is 78.9 Å². The molecule has 0 saturated heterocycles. The van der Waals surface area contributed by atoms with Crippen molar-refractivity contribution in [2.24, 2.45) is 11.8 Å². The fourth-order valence-electron chi connectivity index (χ4n) is 7.25. The van der Waals surface area contributed by atoms with E-state index in [9.17, 15) is 14.4 Å². The van der Waals surface area contributed by atoms with Crippen LogP contribution in [0.25, 0.3) is 0 Å². The van der Waals surface area contributed by atoms with Crippen molar-refractivity contribution < 1.29 is 28.6 Å². The summed E-state index contributed by atoms with van der Waals surface area (Å²) < 4.78 is 16.7. The SMILES string of the molecule is CCCCCCCCCCCCC(=O)OC[C@H](COC(=O)CCCCCCCCCCCCC(C)CC)OC(=O)CCCCCCCCCCCCC(C)C. The molecule has 0 fully saturated rings. The summed E-state index contributed by atoms with van der Waals surface area (Å²) in [5.74, 6) is 0.831. The van der Waals surface area contributed by atoms with E-state index in [-0.39, 0.29) is 31.1 Å². The minimum atomic E-state index is -0.760. The van der Waals surface area contributed by atoms with E-state index in [1.54, 1.807) is 0 Å². The number of rotatable bonds is 43. The third-order valence-corrected chi connectivity index (χ3v) is 11.3. The highest BCUT2D eigenvalue weighted by atomic mass is 16.6. The van der Waals surface area contributed by atoms with E-state index in [0.717, 1.165) is 69.6 Å². The molecule has 6 nitrogen and oxygen atoms in total. The Balaban J connectivity index is 4.32. The molecule has 0 spiro atoms. The second kappa shape index (κ2) is 42.0. The molecule has 6 heteroatoms. The lowest BCUT2D eigenvalue weighted by atomic mass is 9.99. The van der Waals surface area contributed by atoms with E-state index in [4.69, 9.17) is 14.2 Å². The summed E-state index contributed by atoms with van der Waals surface area (Å²) in [6, 6.07) is 0. The second-order valence-corrected chi connectivity index (χ2v) is 17.5. The van der Waals surface area contributed by atoms with Gasteiger partial charge < -0.3 is 14.2 Å². The molecule has 0 aliphatic heterocycles. The molecule has 55 heavy (non-hydrogen) atoms. The Hall–Kier alpha value is -1.59. The van der Waals surface area contributed by atoms with E-state index in [0.29, 0.717) is 19.3 Å². The van der Waals surface area contributed by atoms with Gasteiger partial charge in [-0.15, -0.1) is 0 Å². The maximum atomic E-state index is 12.7. The van der Waals surface area contributed by atoms with Gasteiger partial charge >= 0.3 is 17.9 Å². The van der Waals surface area contributed by atoms with Gasteiger partial charge in [0.25, 0.3) is 0 Å². The molecule has 0 aliphatic rings. The number of unbranched alkanes of at least 4 members (excludes halogenated alkanes) is 27. The van der Waals surface area contributed by atoms with Gasteiger partial charge in [0, 0.05) is 19.3 Å². The molecule has 0 heterocycles. The lowest BCUT2D eigenvalue weighted by molar-refractivity contribution is -0.167. The van der Waals surface area contributed by atoms with Gasteiger partial charge in [0.2, 0.25) is 0 Å². The minimum absolute atomic E-state index is 0.0645. The standard InChI is InChI=1S/C49H94O6/c1-6-8-9-10-11-12-19-24-29-34-39-47(50)53-42-46(55-49(52)41-36-31-26-21-15-13-17-22-27-32-37-44(3)4)43-54-48(51)40-35-30-25-20-16-14-18-23-28-33-38-45(5)7-2/h44-46H,6-43H2,1-5H3/t45?,46-/m1/s1. The van der Waals surface area contributed by atoms with Crippen LogP contribution in [0.4, 0.5) is 0 Å². The highest BCUT2D eigenvalue weighted by molar-refractivity contribution is 5.71. The van der Waals surface area contributed by atoms with E-state index < -0.39 is 6.10 Å². The Morgan fingerprint density at radius 2 is 0.691 bits per heavy atom. The predicted octanol–water partition coefficient (Wildman–Crippen LogP) is 15.4. The van der Waals surface area contributed by atoms with E-state index in [1.807, 2.05) is 0 Å². The molecule has 0 N–H and O–H groups in total. The lowest BCUT2D eigenvalue weighted by Gasteiger charge is -2.18. The molecule has 0 aromatic heterocycles. The molecule has 1 unspecified atom stereocenters. The van der Waals surface area contributed by atoms with Crippen LogP contribution >= 0.6 is 0 Å². The summed E-state index contributed by atoms with van der Waals surface area (Å²) >= 11 is 0. The normalized spacial score (nSPS) is 12.5. The first-order chi connectivity index (χ1) is 26.8. The molecule has 0 aliphatic carbocycles. The molecule has 0 bridgehead atoms. The quantitative estimate of drug-likeness (QED) is 0.0348. The van der Waals surface area contributed by atoms with Gasteiger partial charge in [-0.2, -0.15) is 0 Å². The van der Waals surface area contributed by atoms with Gasteiger partial charge in [0.15, 0.2) is 6.10 Å². The van der Waals surface area contributed by atoms with Gasteiger partial charge in [0.05, 0.1) is 0 Å². The minimum Gasteiger partial charge on any atom is -0.462 e. The zero-order valence-corrected chi connectivity index (χ0v) is 37.6. The molecule has 2 atom stereocenters. The van der Waals surface area contributed by atoms with Crippen molar-refractivity contribution in [3.8, 4) is 0 Å². The third-order valence-electron chi connectivity index (χ3n) is 11.3. The first-order valence-electron chi connectivity index (χ1n) is 24.3. The van der Waals surface area contributed by atoms with Crippen LogP contribution in [0.1, 0.15) is 266 Å². The Morgan fingerprint density at radius 1 is 0.382 bits per heavy atom. The molecule has 0 radical (unpaired) electrons. The summed E-state index contributed by atoms with van der Waals surface area (Å²) in [4.78, 5) is 37.8. The summed E-state index contributed by atoms with van der Waals surface area (Å²) in [6.07, 6.45) is 40.8. The van der Waals surface area contributed by atoms with Crippen LogP contribution < -0.4 is 0 Å². The summed E-state index contributed by atoms with van der Waals surface area (Å²) in [6.45, 7) is 11.4. The van der Waals surface area contributed by atoms with Crippen molar-refractivity contribution in [2.75, 3.05) is 13.2 Å². The van der Waals surface area contributed by atoms with Crippen LogP contribution in [0, 0.1) is 11.8 Å². The largest absolute Gasteiger partial charge is 0.462 e. The number of carbonyl (C=O) groups excluding carboxylic acids is 3. The Kier molecular flexibility index (Phi) is 40.8. The molecule has 0 amide bonds. The summed E-state index contributed by atoms with van der Waals surface area (Å²) in [5, 5.41) is 0. The number of ether oxygens (including phenoxy) is 3. The smallest absolute Gasteiger partial charge is 0.306 e. The highest BCUT2D eigenvalue weighted by Crippen LogP contribution is 2.17. The maximum absolute atomic E-state index is 12.7. The third kappa shape index (κ3) is 41.9. The van der Waals surface area contributed by atoms with Gasteiger partial charge in [-0.1, -0.05) is 227 Å².